The molecule has 18 heavy (non-hydrogen) atoms. The van der Waals surface area contributed by atoms with Crippen LogP contribution in [0.4, 0.5) is 0 Å². The van der Waals surface area contributed by atoms with Crippen LogP contribution in [0.3, 0.4) is 0 Å². The Bertz CT molecular complexity index is 562. The van der Waals surface area contributed by atoms with Crippen LogP contribution in [0, 0.1) is 0 Å². The van der Waals surface area contributed by atoms with Gasteiger partial charge >= 0.3 is 0 Å². The summed E-state index contributed by atoms with van der Waals surface area (Å²) in [5.74, 6) is 6.14. The smallest absolute Gasteiger partial charge is 0.0929 e. The van der Waals surface area contributed by atoms with E-state index in [1.807, 2.05) is 17.3 Å². The summed E-state index contributed by atoms with van der Waals surface area (Å²) in [5.41, 5.74) is 3.45. The molecule has 1 saturated heterocycles. The van der Waals surface area contributed by atoms with E-state index >= 15 is 0 Å². The predicted octanol–water partition coefficient (Wildman–Crippen LogP) is 0.735. The largest absolute Gasteiger partial charge is 0.349 e. The molecule has 1 fully saturated rings. The molecule has 3 rings (SSSR count). The van der Waals surface area contributed by atoms with E-state index < -0.39 is 0 Å². The van der Waals surface area contributed by atoms with Gasteiger partial charge in [-0.15, -0.1) is 0 Å². The molecule has 0 radical (unpaired) electrons. The summed E-state index contributed by atoms with van der Waals surface area (Å²) in [6.45, 7) is 2.86. The number of fused-ring (bicyclic) bond motifs is 1. The van der Waals surface area contributed by atoms with Gasteiger partial charge in [-0.05, 0) is 19.2 Å². The van der Waals surface area contributed by atoms with Crippen LogP contribution < -0.4 is 5.84 Å². The Hall–Kier alpha value is -1.43. The van der Waals surface area contributed by atoms with Crippen molar-refractivity contribution < 1.29 is 0 Å². The third-order valence-corrected chi connectivity index (χ3v) is 3.76. The van der Waals surface area contributed by atoms with E-state index in [1.165, 1.54) is 5.56 Å². The number of hydrogen-bond acceptors (Lipinski definition) is 4. The highest BCUT2D eigenvalue weighted by Gasteiger charge is 2.27. The quantitative estimate of drug-likeness (QED) is 0.753. The van der Waals surface area contributed by atoms with Gasteiger partial charge in [0, 0.05) is 44.6 Å². The Morgan fingerprint density at radius 1 is 1.33 bits per heavy atom. The molecule has 0 amide bonds. The number of nitrogens with two attached hydrogens (primary N) is 1. The molecule has 2 aromatic heterocycles. The molecule has 5 nitrogen and oxygen atoms in total. The molecule has 0 bridgehead atoms. The van der Waals surface area contributed by atoms with Crippen molar-refractivity contribution in [1.82, 2.24) is 19.5 Å². The molecule has 1 aliphatic rings. The third kappa shape index (κ3) is 1.80. The number of nitrogens with zero attached hydrogens (tertiary/aromatic N) is 4. The first kappa shape index (κ1) is 11.6. The molecule has 1 atom stereocenters. The average molecular weight is 245 g/mol. The summed E-state index contributed by atoms with van der Waals surface area (Å²) in [5, 5.41) is 1.93. The average Bonchev–Trinajstić information content (AvgIpc) is 2.71. The third-order valence-electron chi connectivity index (χ3n) is 3.76. The van der Waals surface area contributed by atoms with Gasteiger partial charge < -0.3 is 9.47 Å². The molecule has 1 unspecified atom stereocenters. The van der Waals surface area contributed by atoms with Gasteiger partial charge in [-0.25, -0.2) is 5.01 Å². The second kappa shape index (κ2) is 4.35. The van der Waals surface area contributed by atoms with Crippen LogP contribution in [0.15, 0.2) is 24.5 Å². The topological polar surface area (TPSA) is 50.3 Å². The molecule has 1 aliphatic heterocycles. The first-order valence-electron chi connectivity index (χ1n) is 6.26. The number of piperazine rings is 1. The highest BCUT2D eigenvalue weighted by atomic mass is 15.5. The Kier molecular flexibility index (Phi) is 2.81. The summed E-state index contributed by atoms with van der Waals surface area (Å²) in [4.78, 5) is 6.83. The molecule has 3 heterocycles. The van der Waals surface area contributed by atoms with E-state index in [0.29, 0.717) is 0 Å². The maximum Gasteiger partial charge on any atom is 0.0929 e. The zero-order chi connectivity index (χ0) is 12.7. The number of likely N-dealkylation sites (N-methyl/N-ethyl adjacent to an activating group) is 1. The van der Waals surface area contributed by atoms with E-state index in [-0.39, 0.29) is 6.04 Å². The van der Waals surface area contributed by atoms with Gasteiger partial charge in [0.15, 0.2) is 0 Å². The number of aryl methyl sites for hydroxylation is 1. The van der Waals surface area contributed by atoms with Crippen LogP contribution in [0.25, 0.3) is 11.0 Å². The zero-order valence-electron chi connectivity index (χ0n) is 10.9. The predicted molar refractivity (Wildman–Crippen MR) is 71.8 cm³/mol. The maximum atomic E-state index is 6.14. The van der Waals surface area contributed by atoms with Crippen molar-refractivity contribution in [3.8, 4) is 0 Å². The fourth-order valence-corrected chi connectivity index (χ4v) is 2.70. The molecule has 2 aromatic rings. The van der Waals surface area contributed by atoms with Crippen LogP contribution in [0.5, 0.6) is 0 Å². The Labute approximate surface area is 107 Å². The molecule has 96 valence electrons. The molecule has 2 N–H and O–H groups in total. The number of aromatic nitrogens is 2. The second-order valence-electron chi connectivity index (χ2n) is 5.08. The molecule has 0 saturated carbocycles. The summed E-state index contributed by atoms with van der Waals surface area (Å²) in [6.07, 6.45) is 4.00. The standard InChI is InChI=1S/C13H19N5/c1-16-6-7-18(14)12(9-16)10-8-17(2)11-4-3-5-15-13(10)11/h3-5,8,12H,6-7,9,14H2,1-2H3. The van der Waals surface area contributed by atoms with Crippen molar-refractivity contribution >= 4 is 11.0 Å². The Morgan fingerprint density at radius 2 is 2.17 bits per heavy atom. The summed E-state index contributed by atoms with van der Waals surface area (Å²) < 4.78 is 2.13. The fraction of sp³-hybridized carbons (Fsp3) is 0.462. The van der Waals surface area contributed by atoms with Gasteiger partial charge in [0.05, 0.1) is 17.1 Å². The fourth-order valence-electron chi connectivity index (χ4n) is 2.70. The molecular formula is C13H19N5. The van der Waals surface area contributed by atoms with E-state index in [9.17, 15) is 0 Å². The lowest BCUT2D eigenvalue weighted by Gasteiger charge is -2.36. The maximum absolute atomic E-state index is 6.14. The lowest BCUT2D eigenvalue weighted by atomic mass is 10.1. The highest BCUT2D eigenvalue weighted by Crippen LogP contribution is 2.28. The van der Waals surface area contributed by atoms with Gasteiger partial charge in [0.2, 0.25) is 0 Å². The molecule has 0 aromatic carbocycles. The van der Waals surface area contributed by atoms with Crippen molar-refractivity contribution in [2.45, 2.75) is 6.04 Å². The summed E-state index contributed by atoms with van der Waals surface area (Å²) >= 11 is 0. The minimum atomic E-state index is 0.224. The van der Waals surface area contributed by atoms with E-state index in [0.717, 1.165) is 30.7 Å². The SMILES string of the molecule is CN1CCN(N)C(c2cn(C)c3cccnc23)C1. The highest BCUT2D eigenvalue weighted by molar-refractivity contribution is 5.80. The minimum absolute atomic E-state index is 0.224. The first-order valence-corrected chi connectivity index (χ1v) is 6.26. The Balaban J connectivity index is 2.08. The normalized spacial score (nSPS) is 22.7. The van der Waals surface area contributed by atoms with Crippen molar-refractivity contribution in [2.75, 3.05) is 26.7 Å². The molecule has 0 spiro atoms. The van der Waals surface area contributed by atoms with E-state index in [2.05, 4.69) is 40.8 Å². The first-order chi connectivity index (χ1) is 8.66. The zero-order valence-corrected chi connectivity index (χ0v) is 10.9. The van der Waals surface area contributed by atoms with Crippen molar-refractivity contribution in [3.05, 3.63) is 30.1 Å². The van der Waals surface area contributed by atoms with Crippen molar-refractivity contribution in [1.29, 1.82) is 0 Å². The van der Waals surface area contributed by atoms with Gasteiger partial charge in [0.1, 0.15) is 0 Å². The van der Waals surface area contributed by atoms with Gasteiger partial charge in [-0.1, -0.05) is 0 Å². The minimum Gasteiger partial charge on any atom is -0.349 e. The van der Waals surface area contributed by atoms with Crippen molar-refractivity contribution in [2.24, 2.45) is 12.9 Å². The summed E-state index contributed by atoms with van der Waals surface area (Å²) in [7, 11) is 4.19. The second-order valence-corrected chi connectivity index (χ2v) is 5.08. The van der Waals surface area contributed by atoms with Gasteiger partial charge in [0.25, 0.3) is 0 Å². The van der Waals surface area contributed by atoms with E-state index in [1.54, 1.807) is 0 Å². The summed E-state index contributed by atoms with van der Waals surface area (Å²) in [6, 6.07) is 4.29. The van der Waals surface area contributed by atoms with Crippen LogP contribution in [-0.2, 0) is 7.05 Å². The van der Waals surface area contributed by atoms with Gasteiger partial charge in [-0.2, -0.15) is 0 Å². The Morgan fingerprint density at radius 3 is 3.00 bits per heavy atom. The number of hydrazine groups is 1. The monoisotopic (exact) mass is 245 g/mol. The van der Waals surface area contributed by atoms with E-state index in [4.69, 9.17) is 5.84 Å². The molecule has 5 heteroatoms. The van der Waals surface area contributed by atoms with Crippen LogP contribution in [0.2, 0.25) is 0 Å². The molecular weight excluding hydrogens is 226 g/mol. The number of rotatable bonds is 1. The van der Waals surface area contributed by atoms with Crippen molar-refractivity contribution in [3.63, 3.8) is 0 Å². The van der Waals surface area contributed by atoms with Crippen LogP contribution >= 0.6 is 0 Å². The molecule has 0 aliphatic carbocycles. The van der Waals surface area contributed by atoms with Gasteiger partial charge in [-0.3, -0.25) is 10.8 Å². The number of hydrogen-bond donors (Lipinski definition) is 1. The number of pyridine rings is 1. The van der Waals surface area contributed by atoms with Crippen LogP contribution in [0.1, 0.15) is 11.6 Å². The lowest BCUT2D eigenvalue weighted by Crippen LogP contribution is -2.49. The lowest BCUT2D eigenvalue weighted by molar-refractivity contribution is 0.0912. The van der Waals surface area contributed by atoms with Crippen LogP contribution in [-0.4, -0.2) is 46.1 Å².